The maximum Gasteiger partial charge on any atom is 0.306 e. The van der Waals surface area contributed by atoms with Crippen molar-refractivity contribution in [3.05, 3.63) is 173 Å². The first-order valence-electron chi connectivity index (χ1n) is 20.1. The van der Waals surface area contributed by atoms with Gasteiger partial charge in [-0.15, -0.1) is 0 Å². The smallest absolute Gasteiger partial charge is 0.306 e. The molecule has 3 aromatic heterocycles. The largest absolute Gasteiger partial charge is 0.481 e. The van der Waals surface area contributed by atoms with Gasteiger partial charge in [0.2, 0.25) is 11.7 Å². The number of carboxylic acids is 1. The Morgan fingerprint density at radius 3 is 1.92 bits per heavy atom. The molecule has 0 unspecified atom stereocenters. The summed E-state index contributed by atoms with van der Waals surface area (Å²) in [5.74, 6) is -4.16. The molecule has 2 N–H and O–H groups in total. The highest BCUT2D eigenvalue weighted by Crippen LogP contribution is 2.52. The van der Waals surface area contributed by atoms with Crippen molar-refractivity contribution < 1.29 is 31.9 Å². The number of aromatic nitrogens is 4. The summed E-state index contributed by atoms with van der Waals surface area (Å²) >= 11 is 0. The second kappa shape index (κ2) is 15.6. The lowest BCUT2D eigenvalue weighted by molar-refractivity contribution is -0.151. The molecule has 1 saturated carbocycles. The Bertz CT molecular complexity index is 2840. The predicted molar refractivity (Wildman–Crippen MR) is 231 cm³/mol. The Morgan fingerprint density at radius 1 is 0.839 bits per heavy atom. The van der Waals surface area contributed by atoms with Gasteiger partial charge in [-0.1, -0.05) is 97.9 Å². The zero-order valence-corrected chi connectivity index (χ0v) is 34.6. The van der Waals surface area contributed by atoms with Crippen molar-refractivity contribution in [3.63, 3.8) is 0 Å². The zero-order valence-electron chi connectivity index (χ0n) is 33.7. The molecule has 2 fully saturated rings. The number of carbonyl (C=O) groups is 2. The van der Waals surface area contributed by atoms with Gasteiger partial charge in [0.25, 0.3) is 0 Å². The van der Waals surface area contributed by atoms with Crippen LogP contribution < -0.4 is 9.62 Å². The number of fused-ring (bicyclic) bond motifs is 1. The maximum absolute atomic E-state index is 16.5. The molecule has 9 rings (SSSR count). The number of hydrogen-bond donors (Lipinski definition) is 2. The van der Waals surface area contributed by atoms with Gasteiger partial charge >= 0.3 is 16.2 Å². The van der Waals surface area contributed by atoms with Gasteiger partial charge in [-0.2, -0.15) is 12.7 Å². The molecule has 2 aliphatic rings. The molecule has 4 heterocycles. The highest BCUT2D eigenvalue weighted by Gasteiger charge is 2.55. The average molecular weight is 854 g/mol. The number of nitrogens with one attached hydrogen (secondary N) is 1. The Morgan fingerprint density at radius 2 is 1.39 bits per heavy atom. The molecule has 0 radical (unpaired) electrons. The van der Waals surface area contributed by atoms with Gasteiger partial charge < -0.3 is 14.6 Å². The quantitative estimate of drug-likeness (QED) is 0.0877. The van der Waals surface area contributed by atoms with Crippen molar-refractivity contribution in [1.82, 2.24) is 23.8 Å². The number of ketones is 1. The van der Waals surface area contributed by atoms with E-state index >= 15 is 8.78 Å². The minimum absolute atomic E-state index is 0.0285. The summed E-state index contributed by atoms with van der Waals surface area (Å²) in [4.78, 5) is 42.6. The summed E-state index contributed by atoms with van der Waals surface area (Å²) in [7, 11) is -2.94. The fraction of sp³-hybridized carbons (Fsp3) is 0.213. The molecule has 1 saturated heterocycles. The first-order valence-corrected chi connectivity index (χ1v) is 21.5. The van der Waals surface area contributed by atoms with Crippen molar-refractivity contribution in [1.29, 1.82) is 0 Å². The number of anilines is 2. The van der Waals surface area contributed by atoms with E-state index in [-0.39, 0.29) is 28.8 Å². The van der Waals surface area contributed by atoms with Crippen LogP contribution in [0.4, 0.5) is 20.4 Å². The number of pyridine rings is 1. The summed E-state index contributed by atoms with van der Waals surface area (Å²) in [6.45, 7) is 3.01. The van der Waals surface area contributed by atoms with E-state index in [1.54, 1.807) is 37.8 Å². The van der Waals surface area contributed by atoms with Crippen LogP contribution >= 0.6 is 0 Å². The number of halogens is 2. The standard InChI is InChI=1S/C47H41F2N7O5S/c1-3-54(2)62(60,61)53-39-20-19-38(48)40(41(39)49)42(57)37-27-56(47(33-13-7-4-8-14-33,34-15-9-5-10-16-34)35-17-11-6-12-18-35)43-36(37)21-30(24-50-43)32-25-51-45(52-26-32)55-28-46(29-55)22-31(23-46)44(58)59/h4-21,24-27,31,53H,3,22-23,28-29H2,1-2H3,(H,58,59). The second-order valence-electron chi connectivity index (χ2n) is 16.0. The monoisotopic (exact) mass is 853 g/mol. The highest BCUT2D eigenvalue weighted by atomic mass is 32.2. The van der Waals surface area contributed by atoms with E-state index in [0.717, 1.165) is 33.1 Å². The molecule has 15 heteroatoms. The number of carbonyl (C=O) groups excluding carboxylic acids is 1. The van der Waals surface area contributed by atoms with E-state index in [9.17, 15) is 23.1 Å². The predicted octanol–water partition coefficient (Wildman–Crippen LogP) is 7.75. The third kappa shape index (κ3) is 6.77. The Hall–Kier alpha value is -6.84. The van der Waals surface area contributed by atoms with E-state index in [1.807, 2.05) is 100 Å². The van der Waals surface area contributed by atoms with Gasteiger partial charge in [0.1, 0.15) is 17.0 Å². The molecule has 1 aliphatic carbocycles. The van der Waals surface area contributed by atoms with Gasteiger partial charge in [-0.25, -0.2) is 23.7 Å². The third-order valence-electron chi connectivity index (χ3n) is 12.3. The lowest BCUT2D eigenvalue weighted by atomic mass is 9.58. The van der Waals surface area contributed by atoms with Crippen LogP contribution in [0.25, 0.3) is 22.2 Å². The van der Waals surface area contributed by atoms with Crippen LogP contribution in [0.3, 0.4) is 0 Å². The topological polar surface area (TPSA) is 151 Å². The lowest BCUT2D eigenvalue weighted by Crippen LogP contribution is -2.63. The lowest BCUT2D eigenvalue weighted by Gasteiger charge is -2.58. The molecule has 0 amide bonds. The van der Waals surface area contributed by atoms with Crippen molar-refractivity contribution >= 4 is 44.6 Å². The third-order valence-corrected chi connectivity index (χ3v) is 13.8. The summed E-state index contributed by atoms with van der Waals surface area (Å²) in [6.07, 6.45) is 7.74. The summed E-state index contributed by atoms with van der Waals surface area (Å²) in [5, 5.41) is 9.62. The Kier molecular flexibility index (Phi) is 10.2. The second-order valence-corrected chi connectivity index (χ2v) is 17.8. The molecule has 0 atom stereocenters. The molecule has 1 spiro atoms. The normalized spacial score (nSPS) is 15.1. The molecule has 4 aromatic carbocycles. The molecular weight excluding hydrogens is 813 g/mol. The van der Waals surface area contributed by atoms with Crippen molar-refractivity contribution in [3.8, 4) is 11.1 Å². The summed E-state index contributed by atoms with van der Waals surface area (Å²) in [6, 6.07) is 32.5. The molecule has 0 bridgehead atoms. The van der Waals surface area contributed by atoms with Crippen LogP contribution in [0.1, 0.15) is 52.4 Å². The Labute approximate surface area is 356 Å². The molecule has 12 nitrogen and oxygen atoms in total. The molecule has 314 valence electrons. The van der Waals surface area contributed by atoms with Crippen molar-refractivity contribution in [2.75, 3.05) is 36.3 Å². The molecule has 62 heavy (non-hydrogen) atoms. The fourth-order valence-electron chi connectivity index (χ4n) is 8.98. The molecular formula is C47H41F2N7O5S. The van der Waals surface area contributed by atoms with E-state index in [2.05, 4.69) is 14.7 Å². The maximum atomic E-state index is 16.5. The Balaban J connectivity index is 1.22. The fourth-order valence-corrected chi connectivity index (χ4v) is 9.91. The number of rotatable bonds is 13. The number of nitrogens with zero attached hydrogens (tertiary/aromatic N) is 6. The van der Waals surface area contributed by atoms with E-state index < -0.39 is 50.4 Å². The molecule has 1 aliphatic heterocycles. The van der Waals surface area contributed by atoms with Gasteiger partial charge in [-0.05, 0) is 47.7 Å². The summed E-state index contributed by atoms with van der Waals surface area (Å²) < 4.78 is 63.4. The summed E-state index contributed by atoms with van der Waals surface area (Å²) in [5.41, 5.74) is 1.00. The highest BCUT2D eigenvalue weighted by molar-refractivity contribution is 7.90. The van der Waals surface area contributed by atoms with Crippen LogP contribution in [0.5, 0.6) is 0 Å². The number of carboxylic acid groups (broad SMARTS) is 1. The van der Waals surface area contributed by atoms with Crippen LogP contribution in [-0.2, 0) is 20.5 Å². The minimum Gasteiger partial charge on any atom is -0.481 e. The van der Waals surface area contributed by atoms with E-state index in [0.29, 0.717) is 48.7 Å². The first-order chi connectivity index (χ1) is 29.8. The van der Waals surface area contributed by atoms with Crippen LogP contribution in [0.2, 0.25) is 0 Å². The number of aliphatic carboxylic acids is 1. The van der Waals surface area contributed by atoms with Crippen LogP contribution in [-0.4, -0.2) is 75.8 Å². The minimum atomic E-state index is -4.24. The van der Waals surface area contributed by atoms with Crippen LogP contribution in [0, 0.1) is 23.0 Å². The van der Waals surface area contributed by atoms with Gasteiger partial charge in [0, 0.05) is 73.4 Å². The zero-order chi connectivity index (χ0) is 43.4. The van der Waals surface area contributed by atoms with E-state index in [1.165, 1.54) is 7.05 Å². The van der Waals surface area contributed by atoms with Gasteiger partial charge in [0.15, 0.2) is 5.82 Å². The molecule has 7 aromatic rings. The van der Waals surface area contributed by atoms with Gasteiger partial charge in [-0.3, -0.25) is 14.3 Å². The number of hydrogen-bond acceptors (Lipinski definition) is 8. The van der Waals surface area contributed by atoms with Crippen molar-refractivity contribution in [2.24, 2.45) is 11.3 Å². The van der Waals surface area contributed by atoms with Gasteiger partial charge in [0.05, 0.1) is 22.7 Å². The van der Waals surface area contributed by atoms with Crippen molar-refractivity contribution in [2.45, 2.75) is 25.3 Å². The first kappa shape index (κ1) is 40.6. The van der Waals surface area contributed by atoms with E-state index in [4.69, 9.17) is 4.98 Å². The average Bonchev–Trinajstić information content (AvgIpc) is 3.64. The SMILES string of the molecule is CCN(C)S(=O)(=O)Nc1ccc(F)c(C(=O)c2cn(C(c3ccccc3)(c3ccccc3)c3ccccc3)c3ncc(-c4cnc(N5CC6(CC(C(=O)O)C6)C5)nc4)cc23)c1F. The van der Waals surface area contributed by atoms with Crippen LogP contribution in [0.15, 0.2) is 134 Å². The number of benzene rings is 4.